The van der Waals surface area contributed by atoms with Crippen LogP contribution >= 0.6 is 11.9 Å². The van der Waals surface area contributed by atoms with Crippen LogP contribution in [0.1, 0.15) is 43.0 Å². The highest BCUT2D eigenvalue weighted by Gasteiger charge is 2.26. The molecule has 1 heterocycles. The van der Waals surface area contributed by atoms with Crippen molar-refractivity contribution in [1.82, 2.24) is 20.2 Å². The summed E-state index contributed by atoms with van der Waals surface area (Å²) in [6.45, 7) is 4.83. The Labute approximate surface area is 192 Å². The van der Waals surface area contributed by atoms with E-state index in [1.807, 2.05) is 39.1 Å². The van der Waals surface area contributed by atoms with Crippen molar-refractivity contribution in [3.8, 4) is 34.7 Å². The zero-order chi connectivity index (χ0) is 22.5. The Hall–Kier alpha value is -2.86. The highest BCUT2D eigenvalue weighted by atomic mass is 32.2. The van der Waals surface area contributed by atoms with Gasteiger partial charge in [0, 0.05) is 29.5 Å². The molecule has 4 rings (SSSR count). The largest absolute Gasteiger partial charge is 0.490 e. The van der Waals surface area contributed by atoms with E-state index in [0.717, 1.165) is 30.7 Å². The first-order valence-electron chi connectivity index (χ1n) is 10.8. The maximum absolute atomic E-state index is 9.50. The lowest BCUT2D eigenvalue weighted by Gasteiger charge is -2.13. The molecule has 166 valence electrons. The summed E-state index contributed by atoms with van der Waals surface area (Å²) in [7, 11) is 1.96. The van der Waals surface area contributed by atoms with Crippen LogP contribution in [0.25, 0.3) is 22.8 Å². The van der Waals surface area contributed by atoms with E-state index in [-0.39, 0.29) is 6.10 Å². The number of hydrogen-bond acceptors (Lipinski definition) is 8. The predicted molar refractivity (Wildman–Crippen MR) is 126 cm³/mol. The Morgan fingerprint density at radius 3 is 2.97 bits per heavy atom. The quantitative estimate of drug-likeness (QED) is 0.364. The first-order chi connectivity index (χ1) is 15.6. The number of benzene rings is 2. The number of hydrogen-bond donors (Lipinski definition) is 2. The summed E-state index contributed by atoms with van der Waals surface area (Å²) in [5, 5.41) is 16.9. The normalized spacial score (nSPS) is 15.0. The van der Waals surface area contributed by atoms with Gasteiger partial charge in [-0.05, 0) is 63.1 Å². The van der Waals surface area contributed by atoms with Crippen LogP contribution in [0.4, 0.5) is 0 Å². The summed E-state index contributed by atoms with van der Waals surface area (Å²) in [5.41, 5.74) is 4.71. The second-order valence-electron chi connectivity index (χ2n) is 7.95. The second kappa shape index (κ2) is 10.2. The Morgan fingerprint density at radius 2 is 2.19 bits per heavy atom. The fourth-order valence-corrected chi connectivity index (χ4v) is 4.73. The van der Waals surface area contributed by atoms with Crippen LogP contribution in [-0.2, 0) is 6.42 Å². The number of rotatable bonds is 9. The number of aromatic nitrogens is 2. The predicted octanol–water partition coefficient (Wildman–Crippen LogP) is 4.51. The average molecular weight is 450 g/mol. The molecule has 1 aromatic heterocycles. The van der Waals surface area contributed by atoms with Gasteiger partial charge in [0.25, 0.3) is 5.89 Å². The van der Waals surface area contributed by atoms with Crippen LogP contribution in [0.15, 0.2) is 40.9 Å². The standard InChI is InChI=1S/C24H27N5O2S/c1-15(2)30-22-10-7-16(13-17(22)14-25)24-27-23(28-31-24)20-6-4-5-19-18(20)8-9-21(19)29-32-12-11-26-3/h4-7,10,13,15,21,26,29H,8-9,11-12H2,1-3H3. The number of nitriles is 1. The SMILES string of the molecule is CNCCSNC1CCc2c(-c3noc(-c4ccc(OC(C)C)c(C#N)c4)n3)cccc21. The third-order valence-corrected chi connectivity index (χ3v) is 6.19. The van der Waals surface area contributed by atoms with Crippen molar-refractivity contribution >= 4 is 11.9 Å². The fourth-order valence-electron chi connectivity index (χ4n) is 3.86. The van der Waals surface area contributed by atoms with E-state index in [0.29, 0.717) is 34.6 Å². The van der Waals surface area contributed by atoms with Crippen LogP contribution in [0, 0.1) is 11.3 Å². The van der Waals surface area contributed by atoms with E-state index in [4.69, 9.17) is 9.26 Å². The molecule has 1 aliphatic rings. The lowest BCUT2D eigenvalue weighted by molar-refractivity contribution is 0.241. The van der Waals surface area contributed by atoms with Crippen molar-refractivity contribution in [2.45, 2.75) is 38.8 Å². The highest BCUT2D eigenvalue weighted by Crippen LogP contribution is 2.38. The van der Waals surface area contributed by atoms with E-state index >= 15 is 0 Å². The summed E-state index contributed by atoms with van der Waals surface area (Å²) in [4.78, 5) is 4.64. The van der Waals surface area contributed by atoms with Crippen molar-refractivity contribution in [2.24, 2.45) is 0 Å². The summed E-state index contributed by atoms with van der Waals surface area (Å²) < 4.78 is 14.9. The molecule has 7 nitrogen and oxygen atoms in total. The Morgan fingerprint density at radius 1 is 1.31 bits per heavy atom. The molecule has 2 aromatic carbocycles. The maximum atomic E-state index is 9.50. The maximum Gasteiger partial charge on any atom is 0.258 e. The minimum absolute atomic E-state index is 0.0110. The number of ether oxygens (including phenoxy) is 1. The van der Waals surface area contributed by atoms with Gasteiger partial charge in [-0.15, -0.1) is 0 Å². The molecule has 0 aliphatic heterocycles. The molecule has 1 atom stereocenters. The van der Waals surface area contributed by atoms with Crippen molar-refractivity contribution in [3.63, 3.8) is 0 Å². The summed E-state index contributed by atoms with van der Waals surface area (Å²) in [5.74, 6) is 2.53. The lowest BCUT2D eigenvalue weighted by atomic mass is 10.0. The van der Waals surface area contributed by atoms with E-state index in [1.165, 1.54) is 11.1 Å². The number of nitrogens with one attached hydrogen (secondary N) is 2. The van der Waals surface area contributed by atoms with Gasteiger partial charge < -0.3 is 14.6 Å². The number of nitrogens with zero attached hydrogens (tertiary/aromatic N) is 3. The van der Waals surface area contributed by atoms with Gasteiger partial charge in [-0.3, -0.25) is 4.72 Å². The van der Waals surface area contributed by atoms with Crippen LogP contribution in [0.5, 0.6) is 5.75 Å². The monoisotopic (exact) mass is 449 g/mol. The molecule has 0 amide bonds. The van der Waals surface area contributed by atoms with Gasteiger partial charge in [0.2, 0.25) is 5.82 Å². The van der Waals surface area contributed by atoms with Gasteiger partial charge in [-0.2, -0.15) is 10.2 Å². The second-order valence-corrected chi connectivity index (χ2v) is 8.88. The van der Waals surface area contributed by atoms with Gasteiger partial charge in [-0.25, -0.2) is 0 Å². The van der Waals surface area contributed by atoms with Crippen molar-refractivity contribution in [2.75, 3.05) is 19.3 Å². The molecule has 3 aromatic rings. The van der Waals surface area contributed by atoms with Crippen LogP contribution < -0.4 is 14.8 Å². The third-order valence-electron chi connectivity index (χ3n) is 5.33. The van der Waals surface area contributed by atoms with Gasteiger partial charge in [0.05, 0.1) is 11.7 Å². The van der Waals surface area contributed by atoms with Gasteiger partial charge in [0.1, 0.15) is 11.8 Å². The zero-order valence-electron chi connectivity index (χ0n) is 18.5. The Bertz CT molecular complexity index is 1120. The lowest BCUT2D eigenvalue weighted by Crippen LogP contribution is -2.16. The molecule has 1 aliphatic carbocycles. The van der Waals surface area contributed by atoms with Crippen LogP contribution in [-0.4, -0.2) is 35.6 Å². The minimum Gasteiger partial charge on any atom is -0.490 e. The highest BCUT2D eigenvalue weighted by molar-refractivity contribution is 7.97. The molecule has 1 unspecified atom stereocenters. The van der Waals surface area contributed by atoms with Crippen molar-refractivity contribution < 1.29 is 9.26 Å². The molecule has 0 saturated carbocycles. The molecular weight excluding hydrogens is 422 g/mol. The number of fused-ring (bicyclic) bond motifs is 1. The fraction of sp³-hybridized carbons (Fsp3) is 0.375. The van der Waals surface area contributed by atoms with Crippen LogP contribution in [0.2, 0.25) is 0 Å². The Balaban J connectivity index is 1.56. The summed E-state index contributed by atoms with van der Waals surface area (Å²) >= 11 is 1.75. The average Bonchev–Trinajstić information content (AvgIpc) is 3.44. The third kappa shape index (κ3) is 4.80. The van der Waals surface area contributed by atoms with E-state index in [9.17, 15) is 5.26 Å². The summed E-state index contributed by atoms with van der Waals surface area (Å²) in [6, 6.07) is 14.1. The van der Waals surface area contributed by atoms with E-state index < -0.39 is 0 Å². The minimum atomic E-state index is -0.0110. The molecule has 0 radical (unpaired) electrons. The van der Waals surface area contributed by atoms with Gasteiger partial charge in [0.15, 0.2) is 0 Å². The molecule has 8 heteroatoms. The smallest absolute Gasteiger partial charge is 0.258 e. The Kier molecular flexibility index (Phi) is 7.10. The molecule has 32 heavy (non-hydrogen) atoms. The topological polar surface area (TPSA) is 96.0 Å². The molecular formula is C24H27N5O2S. The molecule has 0 bridgehead atoms. The first-order valence-corrected chi connectivity index (χ1v) is 11.8. The zero-order valence-corrected chi connectivity index (χ0v) is 19.3. The van der Waals surface area contributed by atoms with E-state index in [2.05, 4.69) is 32.3 Å². The van der Waals surface area contributed by atoms with Crippen molar-refractivity contribution in [1.29, 1.82) is 5.26 Å². The van der Waals surface area contributed by atoms with Crippen molar-refractivity contribution in [3.05, 3.63) is 53.1 Å². The van der Waals surface area contributed by atoms with Gasteiger partial charge >= 0.3 is 0 Å². The molecule has 0 spiro atoms. The first kappa shape index (κ1) is 22.3. The molecule has 0 saturated heterocycles. The van der Waals surface area contributed by atoms with Gasteiger partial charge in [-0.1, -0.05) is 35.3 Å². The van der Waals surface area contributed by atoms with E-state index in [1.54, 1.807) is 24.1 Å². The van der Waals surface area contributed by atoms with Crippen LogP contribution in [0.3, 0.4) is 0 Å². The molecule has 2 N–H and O–H groups in total. The molecule has 0 fully saturated rings. The summed E-state index contributed by atoms with van der Waals surface area (Å²) in [6.07, 6.45) is 2.01.